The lowest BCUT2D eigenvalue weighted by atomic mass is 10.0. The third kappa shape index (κ3) is 4.59. The normalized spacial score (nSPS) is 26.5. The summed E-state index contributed by atoms with van der Waals surface area (Å²) in [4.78, 5) is 15.9. The molecule has 1 aliphatic heterocycles. The van der Waals surface area contributed by atoms with E-state index in [4.69, 9.17) is 9.94 Å². The Balaban J connectivity index is 2.07. The van der Waals surface area contributed by atoms with Gasteiger partial charge in [-0.1, -0.05) is 13.3 Å². The Morgan fingerprint density at radius 1 is 1.60 bits per heavy atom. The number of carboxylic acid groups (broad SMARTS) is 1. The molecule has 0 radical (unpaired) electrons. The molecule has 2 atom stereocenters. The Kier molecular flexibility index (Phi) is 5.60. The quantitative estimate of drug-likeness (QED) is 0.446. The van der Waals surface area contributed by atoms with Gasteiger partial charge in [0, 0.05) is 12.6 Å². The minimum absolute atomic E-state index is 0.234. The first kappa shape index (κ1) is 12.4. The monoisotopic (exact) mass is 216 g/mol. The number of carboxylic acids is 1. The smallest absolute Gasteiger partial charge is 0.320 e. The highest BCUT2D eigenvalue weighted by atomic mass is 16.6. The maximum atomic E-state index is 10.6. The number of hydroxylamine groups is 1. The van der Waals surface area contributed by atoms with E-state index >= 15 is 0 Å². The highest BCUT2D eigenvalue weighted by molar-refractivity contribution is 5.73. The summed E-state index contributed by atoms with van der Waals surface area (Å²) < 4.78 is 0. The number of carbonyl (C=O) groups is 1. The van der Waals surface area contributed by atoms with Crippen molar-refractivity contribution >= 4 is 5.97 Å². The molecule has 1 heterocycles. The Morgan fingerprint density at radius 2 is 2.40 bits per heavy atom. The van der Waals surface area contributed by atoms with Crippen molar-refractivity contribution < 1.29 is 14.7 Å². The van der Waals surface area contributed by atoms with Crippen molar-refractivity contribution in [2.45, 2.75) is 44.7 Å². The highest BCUT2D eigenvalue weighted by Gasteiger charge is 2.24. The molecule has 0 amide bonds. The SMILES string of the molecule is CCCCON[C@@H]1CCC(C(=O)O)NC1. The fourth-order valence-electron chi connectivity index (χ4n) is 1.56. The summed E-state index contributed by atoms with van der Waals surface area (Å²) in [6.07, 6.45) is 3.66. The van der Waals surface area contributed by atoms with Crippen molar-refractivity contribution in [2.75, 3.05) is 13.2 Å². The van der Waals surface area contributed by atoms with E-state index in [9.17, 15) is 4.79 Å². The van der Waals surface area contributed by atoms with Crippen LogP contribution in [0, 0.1) is 0 Å². The van der Waals surface area contributed by atoms with Crippen LogP contribution in [0.2, 0.25) is 0 Å². The van der Waals surface area contributed by atoms with Gasteiger partial charge in [0.2, 0.25) is 0 Å². The molecule has 0 bridgehead atoms. The lowest BCUT2D eigenvalue weighted by Gasteiger charge is -2.27. The minimum Gasteiger partial charge on any atom is -0.480 e. The zero-order chi connectivity index (χ0) is 11.1. The molecule has 0 saturated carbocycles. The summed E-state index contributed by atoms with van der Waals surface area (Å²) in [5, 5.41) is 11.7. The first-order valence-corrected chi connectivity index (χ1v) is 5.57. The molecule has 0 aliphatic carbocycles. The first-order valence-electron chi connectivity index (χ1n) is 5.57. The van der Waals surface area contributed by atoms with E-state index in [1.165, 1.54) is 0 Å². The van der Waals surface area contributed by atoms with E-state index < -0.39 is 12.0 Å². The van der Waals surface area contributed by atoms with Gasteiger partial charge in [0.25, 0.3) is 0 Å². The predicted octanol–water partition coefficient (Wildman–Crippen LogP) is 0.513. The molecule has 15 heavy (non-hydrogen) atoms. The molecule has 88 valence electrons. The summed E-state index contributed by atoms with van der Waals surface area (Å²) in [6.45, 7) is 3.49. The summed E-state index contributed by atoms with van der Waals surface area (Å²) in [5.74, 6) is -0.764. The molecule has 0 aromatic rings. The second-order valence-electron chi connectivity index (χ2n) is 3.89. The summed E-state index contributed by atoms with van der Waals surface area (Å²) in [6, 6.07) is -0.156. The fourth-order valence-corrected chi connectivity index (χ4v) is 1.56. The summed E-state index contributed by atoms with van der Waals surface area (Å²) in [7, 11) is 0. The number of aliphatic carboxylic acids is 1. The van der Waals surface area contributed by atoms with E-state index in [0.29, 0.717) is 13.0 Å². The van der Waals surface area contributed by atoms with Crippen LogP contribution in [0.5, 0.6) is 0 Å². The van der Waals surface area contributed by atoms with Crippen LogP contribution in [-0.2, 0) is 9.63 Å². The van der Waals surface area contributed by atoms with Crippen LogP contribution in [0.15, 0.2) is 0 Å². The van der Waals surface area contributed by atoms with Gasteiger partial charge in [-0.05, 0) is 19.3 Å². The molecular formula is C10H20N2O3. The number of nitrogens with one attached hydrogen (secondary N) is 2. The van der Waals surface area contributed by atoms with Crippen molar-refractivity contribution in [3.8, 4) is 0 Å². The molecule has 0 spiro atoms. The van der Waals surface area contributed by atoms with Crippen LogP contribution in [0.3, 0.4) is 0 Å². The Hall–Kier alpha value is -0.650. The van der Waals surface area contributed by atoms with Crippen molar-refractivity contribution in [1.82, 2.24) is 10.8 Å². The molecule has 3 N–H and O–H groups in total. The first-order chi connectivity index (χ1) is 7.24. The van der Waals surface area contributed by atoms with Crippen molar-refractivity contribution in [3.05, 3.63) is 0 Å². The van der Waals surface area contributed by atoms with E-state index in [1.54, 1.807) is 0 Å². The number of unbranched alkanes of at least 4 members (excludes halogenated alkanes) is 1. The van der Waals surface area contributed by atoms with Gasteiger partial charge in [-0.2, -0.15) is 5.48 Å². The van der Waals surface area contributed by atoms with Gasteiger partial charge in [-0.15, -0.1) is 0 Å². The molecule has 0 aromatic heterocycles. The second-order valence-corrected chi connectivity index (χ2v) is 3.89. The van der Waals surface area contributed by atoms with Gasteiger partial charge >= 0.3 is 5.97 Å². The standard InChI is InChI=1S/C10H20N2O3/c1-2-3-6-15-12-8-4-5-9(10(13)14)11-7-8/h8-9,11-12H,2-7H2,1H3,(H,13,14)/t8-,9?/m1/s1. The van der Waals surface area contributed by atoms with Gasteiger partial charge in [0.05, 0.1) is 6.61 Å². The molecule has 1 rings (SSSR count). The van der Waals surface area contributed by atoms with Crippen molar-refractivity contribution in [1.29, 1.82) is 0 Å². The molecule has 5 nitrogen and oxygen atoms in total. The second kappa shape index (κ2) is 6.76. The molecule has 0 aromatic carbocycles. The molecule has 1 aliphatic rings. The molecule has 1 saturated heterocycles. The molecular weight excluding hydrogens is 196 g/mol. The van der Waals surface area contributed by atoms with E-state index in [1.807, 2.05) is 0 Å². The van der Waals surface area contributed by atoms with Crippen LogP contribution in [0.4, 0.5) is 0 Å². The Bertz CT molecular complexity index is 191. The number of hydrogen-bond donors (Lipinski definition) is 3. The summed E-state index contributed by atoms with van der Waals surface area (Å²) in [5.41, 5.74) is 2.96. The van der Waals surface area contributed by atoms with Crippen LogP contribution >= 0.6 is 0 Å². The third-order valence-electron chi connectivity index (χ3n) is 2.56. The number of piperidine rings is 1. The topological polar surface area (TPSA) is 70.6 Å². The van der Waals surface area contributed by atoms with Crippen LogP contribution < -0.4 is 10.8 Å². The number of hydrogen-bond acceptors (Lipinski definition) is 4. The van der Waals surface area contributed by atoms with Crippen molar-refractivity contribution in [3.63, 3.8) is 0 Å². The maximum Gasteiger partial charge on any atom is 0.320 e. The molecule has 5 heteroatoms. The predicted molar refractivity (Wildman–Crippen MR) is 56.4 cm³/mol. The van der Waals surface area contributed by atoms with Gasteiger partial charge < -0.3 is 15.3 Å². The van der Waals surface area contributed by atoms with Gasteiger partial charge in [-0.3, -0.25) is 4.79 Å². The summed E-state index contributed by atoms with van der Waals surface area (Å²) >= 11 is 0. The average molecular weight is 216 g/mol. The lowest BCUT2D eigenvalue weighted by Crippen LogP contribution is -2.50. The van der Waals surface area contributed by atoms with Crippen molar-refractivity contribution in [2.24, 2.45) is 0 Å². The van der Waals surface area contributed by atoms with E-state index in [2.05, 4.69) is 17.7 Å². The Labute approximate surface area is 90.1 Å². The van der Waals surface area contributed by atoms with Gasteiger partial charge in [0.15, 0.2) is 0 Å². The highest BCUT2D eigenvalue weighted by Crippen LogP contribution is 2.08. The van der Waals surface area contributed by atoms with E-state index in [0.717, 1.165) is 25.9 Å². The van der Waals surface area contributed by atoms with Crippen LogP contribution in [0.25, 0.3) is 0 Å². The lowest BCUT2D eigenvalue weighted by molar-refractivity contribution is -0.140. The fraction of sp³-hybridized carbons (Fsp3) is 0.900. The Morgan fingerprint density at radius 3 is 2.93 bits per heavy atom. The minimum atomic E-state index is -0.764. The number of rotatable bonds is 6. The van der Waals surface area contributed by atoms with Gasteiger partial charge in [-0.25, -0.2) is 0 Å². The third-order valence-corrected chi connectivity index (χ3v) is 2.56. The zero-order valence-electron chi connectivity index (χ0n) is 9.16. The van der Waals surface area contributed by atoms with E-state index in [-0.39, 0.29) is 6.04 Å². The van der Waals surface area contributed by atoms with Crippen LogP contribution in [-0.4, -0.2) is 36.3 Å². The molecule has 1 fully saturated rings. The largest absolute Gasteiger partial charge is 0.480 e. The zero-order valence-corrected chi connectivity index (χ0v) is 9.16. The van der Waals surface area contributed by atoms with Crippen LogP contribution in [0.1, 0.15) is 32.6 Å². The molecule has 1 unspecified atom stereocenters. The average Bonchev–Trinajstić information content (AvgIpc) is 2.25. The van der Waals surface area contributed by atoms with Gasteiger partial charge in [0.1, 0.15) is 6.04 Å². The maximum absolute atomic E-state index is 10.6.